The largest absolute Gasteiger partial charge is 0.504 e. The van der Waals surface area contributed by atoms with E-state index in [1.165, 1.54) is 13.2 Å². The van der Waals surface area contributed by atoms with E-state index in [2.05, 4.69) is 5.18 Å². The molecule has 1 aromatic heterocycles. The van der Waals surface area contributed by atoms with E-state index in [9.17, 15) is 19.9 Å². The maximum absolute atomic E-state index is 12.3. The fourth-order valence-electron chi connectivity index (χ4n) is 2.27. The molecule has 0 saturated carbocycles. The second kappa shape index (κ2) is 5.45. The number of ether oxygens (including phenoxy) is 1. The Kier molecular flexibility index (Phi) is 3.46. The summed E-state index contributed by atoms with van der Waals surface area (Å²) in [6.07, 6.45) is 0. The van der Waals surface area contributed by atoms with Crippen molar-refractivity contribution in [2.75, 3.05) is 7.11 Å². The highest BCUT2D eigenvalue weighted by molar-refractivity contribution is 5.94. The van der Waals surface area contributed by atoms with Crippen LogP contribution in [0.25, 0.3) is 22.3 Å². The van der Waals surface area contributed by atoms with Crippen molar-refractivity contribution in [3.05, 3.63) is 51.5 Å². The van der Waals surface area contributed by atoms with Gasteiger partial charge in [0.15, 0.2) is 22.6 Å². The smallest absolute Gasteiger partial charge is 0.195 e. The quantitative estimate of drug-likeness (QED) is 0.567. The third-order valence-corrected chi connectivity index (χ3v) is 3.41. The van der Waals surface area contributed by atoms with Gasteiger partial charge in [0.05, 0.1) is 12.5 Å². The molecule has 7 heteroatoms. The number of methoxy groups -OCH3 is 1. The Morgan fingerprint density at radius 3 is 2.43 bits per heavy atom. The van der Waals surface area contributed by atoms with Gasteiger partial charge in [0.2, 0.25) is 0 Å². The zero-order valence-corrected chi connectivity index (χ0v) is 11.9. The van der Waals surface area contributed by atoms with Crippen molar-refractivity contribution in [2.24, 2.45) is 5.18 Å². The van der Waals surface area contributed by atoms with Crippen LogP contribution in [0.1, 0.15) is 0 Å². The van der Waals surface area contributed by atoms with Crippen molar-refractivity contribution in [2.45, 2.75) is 0 Å². The molecule has 23 heavy (non-hydrogen) atoms. The summed E-state index contributed by atoms with van der Waals surface area (Å²) in [6.45, 7) is 0. The molecular weight excluding hydrogens is 302 g/mol. The molecule has 2 aromatic carbocycles. The molecule has 0 unspecified atom stereocenters. The summed E-state index contributed by atoms with van der Waals surface area (Å²) in [5.41, 5.74) is -0.539. The Balaban J connectivity index is 2.27. The predicted octanol–water partition coefficient (Wildman–Crippen LogP) is 3.28. The minimum Gasteiger partial charge on any atom is -0.504 e. The van der Waals surface area contributed by atoms with E-state index < -0.39 is 22.6 Å². The van der Waals surface area contributed by atoms with Crippen LogP contribution in [-0.2, 0) is 0 Å². The molecule has 0 spiro atoms. The van der Waals surface area contributed by atoms with E-state index in [0.29, 0.717) is 11.3 Å². The minimum absolute atomic E-state index is 0.0479. The van der Waals surface area contributed by atoms with Crippen LogP contribution in [0.15, 0.2) is 50.8 Å². The van der Waals surface area contributed by atoms with Crippen molar-refractivity contribution < 1.29 is 19.4 Å². The van der Waals surface area contributed by atoms with Crippen LogP contribution in [0, 0.1) is 4.91 Å². The first kappa shape index (κ1) is 14.6. The van der Waals surface area contributed by atoms with Crippen LogP contribution in [-0.4, -0.2) is 17.3 Å². The molecule has 0 aliphatic rings. The van der Waals surface area contributed by atoms with Gasteiger partial charge in [-0.3, -0.25) is 4.79 Å². The van der Waals surface area contributed by atoms with E-state index in [1.807, 2.05) is 0 Å². The molecular formula is C16H11NO6. The first-order valence-electron chi connectivity index (χ1n) is 6.55. The molecule has 2 N–H and O–H groups in total. The highest BCUT2D eigenvalue weighted by atomic mass is 16.5. The molecule has 1 heterocycles. The van der Waals surface area contributed by atoms with Crippen LogP contribution < -0.4 is 10.2 Å². The molecule has 0 bridgehead atoms. The van der Waals surface area contributed by atoms with Gasteiger partial charge in [0.25, 0.3) is 0 Å². The highest BCUT2D eigenvalue weighted by Crippen LogP contribution is 2.41. The molecule has 0 fully saturated rings. The van der Waals surface area contributed by atoms with Crippen molar-refractivity contribution in [3.8, 4) is 28.6 Å². The molecule has 0 aliphatic heterocycles. The van der Waals surface area contributed by atoms with Crippen molar-refractivity contribution in [1.29, 1.82) is 0 Å². The summed E-state index contributed by atoms with van der Waals surface area (Å²) in [4.78, 5) is 23.1. The lowest BCUT2D eigenvalue weighted by Gasteiger charge is -2.07. The number of nitroso groups, excluding NO2 is 1. The summed E-state index contributed by atoms with van der Waals surface area (Å²) in [7, 11) is 1.54. The van der Waals surface area contributed by atoms with Gasteiger partial charge in [-0.05, 0) is 29.4 Å². The molecule has 3 aromatic rings. The zero-order valence-electron chi connectivity index (χ0n) is 11.9. The average Bonchev–Trinajstić information content (AvgIpc) is 2.56. The van der Waals surface area contributed by atoms with Crippen LogP contribution in [0.4, 0.5) is 5.69 Å². The number of rotatable bonds is 3. The Morgan fingerprint density at radius 2 is 1.83 bits per heavy atom. The monoisotopic (exact) mass is 313 g/mol. The molecule has 0 radical (unpaired) electrons. The fourth-order valence-corrected chi connectivity index (χ4v) is 2.27. The normalized spacial score (nSPS) is 10.7. The van der Waals surface area contributed by atoms with Gasteiger partial charge in [0.1, 0.15) is 17.1 Å². The molecule has 116 valence electrons. The van der Waals surface area contributed by atoms with Crippen molar-refractivity contribution >= 4 is 16.7 Å². The molecule has 0 atom stereocenters. The Morgan fingerprint density at radius 1 is 1.13 bits per heavy atom. The van der Waals surface area contributed by atoms with Crippen LogP contribution in [0.2, 0.25) is 0 Å². The lowest BCUT2D eigenvalue weighted by molar-refractivity contribution is 0.405. The third kappa shape index (κ3) is 2.38. The number of hydrogen-bond donors (Lipinski definition) is 2. The van der Waals surface area contributed by atoms with Gasteiger partial charge >= 0.3 is 0 Å². The number of phenols is 2. The van der Waals surface area contributed by atoms with Gasteiger partial charge in [-0.15, -0.1) is 4.91 Å². The van der Waals surface area contributed by atoms with Crippen LogP contribution in [0.5, 0.6) is 17.2 Å². The zero-order chi connectivity index (χ0) is 16.6. The molecule has 3 rings (SSSR count). The summed E-state index contributed by atoms with van der Waals surface area (Å²) in [5, 5.41) is 21.7. The van der Waals surface area contributed by atoms with Crippen molar-refractivity contribution in [1.82, 2.24) is 0 Å². The molecule has 0 aliphatic carbocycles. The molecule has 0 amide bonds. The lowest BCUT2D eigenvalue weighted by atomic mass is 10.1. The van der Waals surface area contributed by atoms with Crippen LogP contribution >= 0.6 is 0 Å². The van der Waals surface area contributed by atoms with Crippen LogP contribution in [0.3, 0.4) is 0 Å². The topological polar surface area (TPSA) is 109 Å². The van der Waals surface area contributed by atoms with E-state index in [4.69, 9.17) is 9.15 Å². The standard InChI is InChI=1S/C16H11NO6/c1-22-9-4-2-8(3-5-9)12-6-10(18)14-13(23-12)7-11(19)16(20)15(14)17-21/h2-7,19-20H,1H3. The number of nitrogens with zero attached hydrogens (tertiary/aromatic N) is 1. The summed E-state index contributed by atoms with van der Waals surface area (Å²) < 4.78 is 10.6. The van der Waals surface area contributed by atoms with Gasteiger partial charge in [-0.2, -0.15) is 0 Å². The lowest BCUT2D eigenvalue weighted by Crippen LogP contribution is -2.01. The maximum Gasteiger partial charge on any atom is 0.195 e. The summed E-state index contributed by atoms with van der Waals surface area (Å²) in [5.74, 6) is -0.460. The maximum atomic E-state index is 12.3. The second-order valence-corrected chi connectivity index (χ2v) is 4.76. The fraction of sp³-hybridized carbons (Fsp3) is 0.0625. The number of phenolic OH excluding ortho intramolecular Hbond substituents is 2. The Labute approximate surface area is 129 Å². The first-order chi connectivity index (χ1) is 11.0. The number of aromatic hydroxyl groups is 2. The van der Waals surface area contributed by atoms with Gasteiger partial charge in [-0.1, -0.05) is 0 Å². The number of hydrogen-bond acceptors (Lipinski definition) is 7. The number of fused-ring (bicyclic) bond motifs is 1. The minimum atomic E-state index is -0.753. The van der Waals surface area contributed by atoms with Crippen molar-refractivity contribution in [3.63, 3.8) is 0 Å². The Bertz CT molecular complexity index is 959. The van der Waals surface area contributed by atoms with Gasteiger partial charge < -0.3 is 19.4 Å². The predicted molar refractivity (Wildman–Crippen MR) is 83.3 cm³/mol. The molecule has 0 saturated heterocycles. The second-order valence-electron chi connectivity index (χ2n) is 4.76. The van der Waals surface area contributed by atoms with E-state index >= 15 is 0 Å². The average molecular weight is 313 g/mol. The Hall–Kier alpha value is -3.35. The third-order valence-electron chi connectivity index (χ3n) is 3.41. The van der Waals surface area contributed by atoms with E-state index in [0.717, 1.165) is 6.07 Å². The molecule has 7 nitrogen and oxygen atoms in total. The van der Waals surface area contributed by atoms with Gasteiger partial charge in [0, 0.05) is 17.7 Å². The SMILES string of the molecule is COc1ccc(-c2cc(=O)c3c(N=O)c(O)c(O)cc3o2)cc1. The summed E-state index contributed by atoms with van der Waals surface area (Å²) in [6, 6.07) is 9.05. The van der Waals surface area contributed by atoms with Gasteiger partial charge in [-0.25, -0.2) is 0 Å². The first-order valence-corrected chi connectivity index (χ1v) is 6.55. The van der Waals surface area contributed by atoms with E-state index in [-0.39, 0.29) is 16.7 Å². The summed E-state index contributed by atoms with van der Waals surface area (Å²) >= 11 is 0. The highest BCUT2D eigenvalue weighted by Gasteiger charge is 2.18. The number of benzene rings is 2. The van der Waals surface area contributed by atoms with E-state index in [1.54, 1.807) is 24.3 Å².